The van der Waals surface area contributed by atoms with Crippen LogP contribution in [0.1, 0.15) is 5.56 Å². The molecule has 1 aromatic carbocycles. The molecule has 11 heteroatoms. The van der Waals surface area contributed by atoms with Gasteiger partial charge in [-0.1, -0.05) is 30.3 Å². The maximum absolute atomic E-state index is 11.4. The lowest BCUT2D eigenvalue weighted by molar-refractivity contribution is -0.125. The van der Waals surface area contributed by atoms with Crippen LogP contribution in [0.3, 0.4) is 0 Å². The summed E-state index contributed by atoms with van der Waals surface area (Å²) in [4.78, 5) is 0. The predicted molar refractivity (Wildman–Crippen MR) is 86.4 cm³/mol. The highest BCUT2D eigenvalue weighted by Gasteiger charge is 2.48. The van der Waals surface area contributed by atoms with Crippen molar-refractivity contribution in [3.05, 3.63) is 35.9 Å². The van der Waals surface area contributed by atoms with Gasteiger partial charge in [-0.3, -0.25) is 8.37 Å². The van der Waals surface area contributed by atoms with Gasteiger partial charge >= 0.3 is 0 Å². The average Bonchev–Trinajstić information content (AvgIpc) is 2.78. The maximum atomic E-state index is 11.4. The van der Waals surface area contributed by atoms with E-state index in [0.29, 0.717) is 0 Å². The maximum Gasteiger partial charge on any atom is 0.264 e. The van der Waals surface area contributed by atoms with Gasteiger partial charge < -0.3 is 14.6 Å². The summed E-state index contributed by atoms with van der Waals surface area (Å²) in [6, 6.07) is 9.01. The van der Waals surface area contributed by atoms with Gasteiger partial charge in [-0.25, -0.2) is 0 Å². The number of hydrogen-bond acceptors (Lipinski definition) is 9. The third kappa shape index (κ3) is 6.62. The normalized spacial score (nSPS) is 27.5. The molecular weight excluding hydrogens is 376 g/mol. The summed E-state index contributed by atoms with van der Waals surface area (Å²) >= 11 is 0. The zero-order chi connectivity index (χ0) is 18.7. The number of rotatable bonds is 8. The molecule has 4 atom stereocenters. The first kappa shape index (κ1) is 20.2. The molecule has 0 spiro atoms. The molecule has 2 unspecified atom stereocenters. The molecule has 1 aliphatic rings. The average molecular weight is 396 g/mol. The Hall–Kier alpha value is -1.08. The Morgan fingerprint density at radius 1 is 1.04 bits per heavy atom. The Labute approximate surface area is 146 Å². The second-order valence-electron chi connectivity index (χ2n) is 5.58. The third-order valence-electron chi connectivity index (χ3n) is 3.30. The number of aliphatic hydroxyl groups is 1. The van der Waals surface area contributed by atoms with Gasteiger partial charge in [-0.05, 0) is 5.56 Å². The fourth-order valence-corrected chi connectivity index (χ4v) is 3.30. The SMILES string of the molecule is CS(=O)(=O)OC[C@H]1OC(O)C(OS(C)(=O)=O)[C@@H]1OCc1ccccc1. The molecule has 1 fully saturated rings. The van der Waals surface area contributed by atoms with Crippen molar-refractivity contribution in [1.29, 1.82) is 0 Å². The molecule has 2 rings (SSSR count). The van der Waals surface area contributed by atoms with Crippen molar-refractivity contribution in [2.75, 3.05) is 19.1 Å². The Morgan fingerprint density at radius 3 is 2.24 bits per heavy atom. The van der Waals surface area contributed by atoms with Crippen LogP contribution in [0.5, 0.6) is 0 Å². The zero-order valence-electron chi connectivity index (χ0n) is 13.6. The number of aliphatic hydroxyl groups excluding tert-OH is 1. The van der Waals surface area contributed by atoms with Crippen LogP contribution in [-0.2, 0) is 44.7 Å². The van der Waals surface area contributed by atoms with Crippen molar-refractivity contribution >= 4 is 20.2 Å². The molecule has 0 radical (unpaired) electrons. The number of ether oxygens (including phenoxy) is 2. The van der Waals surface area contributed by atoms with E-state index in [1.54, 1.807) is 24.3 Å². The molecule has 1 N–H and O–H groups in total. The monoisotopic (exact) mass is 396 g/mol. The summed E-state index contributed by atoms with van der Waals surface area (Å²) in [6.07, 6.45) is -3.33. The van der Waals surface area contributed by atoms with Gasteiger partial charge in [0.25, 0.3) is 20.2 Å². The van der Waals surface area contributed by atoms with Crippen LogP contribution in [0, 0.1) is 0 Å². The van der Waals surface area contributed by atoms with Gasteiger partial charge in [-0.15, -0.1) is 0 Å². The fourth-order valence-electron chi connectivity index (χ4n) is 2.31. The Bertz CT molecular complexity index is 761. The van der Waals surface area contributed by atoms with E-state index in [1.165, 1.54) is 0 Å². The molecular formula is C14H20O9S2. The summed E-state index contributed by atoms with van der Waals surface area (Å²) in [6.45, 7) is -0.362. The van der Waals surface area contributed by atoms with Crippen molar-refractivity contribution in [2.24, 2.45) is 0 Å². The Balaban J connectivity index is 2.13. The van der Waals surface area contributed by atoms with E-state index in [-0.39, 0.29) is 6.61 Å². The molecule has 1 aromatic rings. The van der Waals surface area contributed by atoms with E-state index in [0.717, 1.165) is 18.1 Å². The highest BCUT2D eigenvalue weighted by atomic mass is 32.2. The van der Waals surface area contributed by atoms with Gasteiger partial charge in [-0.2, -0.15) is 16.8 Å². The molecule has 9 nitrogen and oxygen atoms in total. The van der Waals surface area contributed by atoms with Crippen molar-refractivity contribution in [2.45, 2.75) is 31.2 Å². The Kier molecular flexibility index (Phi) is 6.54. The van der Waals surface area contributed by atoms with E-state index in [4.69, 9.17) is 13.7 Å². The minimum absolute atomic E-state index is 0.0839. The molecule has 1 aliphatic heterocycles. The minimum atomic E-state index is -3.90. The van der Waals surface area contributed by atoms with Crippen LogP contribution in [-0.4, -0.2) is 65.7 Å². The van der Waals surface area contributed by atoms with Crippen LogP contribution in [0.15, 0.2) is 30.3 Å². The van der Waals surface area contributed by atoms with Crippen molar-refractivity contribution in [3.8, 4) is 0 Å². The van der Waals surface area contributed by atoms with Gasteiger partial charge in [0.15, 0.2) is 12.4 Å². The summed E-state index contributed by atoms with van der Waals surface area (Å²) in [5.41, 5.74) is 0.796. The van der Waals surface area contributed by atoms with Crippen LogP contribution in [0.4, 0.5) is 0 Å². The molecule has 0 amide bonds. The quantitative estimate of drug-likeness (QED) is 0.585. The van der Waals surface area contributed by atoms with E-state index in [1.807, 2.05) is 6.07 Å². The van der Waals surface area contributed by atoms with Gasteiger partial charge in [0.2, 0.25) is 0 Å². The summed E-state index contributed by atoms with van der Waals surface area (Å²) in [7, 11) is -7.65. The van der Waals surface area contributed by atoms with Crippen LogP contribution >= 0.6 is 0 Å². The van der Waals surface area contributed by atoms with Crippen molar-refractivity contribution < 1.29 is 39.8 Å². The topological polar surface area (TPSA) is 125 Å². The predicted octanol–water partition coefficient (Wildman–Crippen LogP) is -0.390. The first-order chi connectivity index (χ1) is 11.6. The second kappa shape index (κ2) is 8.08. The zero-order valence-corrected chi connectivity index (χ0v) is 15.3. The Morgan fingerprint density at radius 2 is 1.68 bits per heavy atom. The van der Waals surface area contributed by atoms with E-state index < -0.39 is 51.4 Å². The number of hydrogen-bond donors (Lipinski definition) is 1. The lowest BCUT2D eigenvalue weighted by atomic mass is 10.1. The molecule has 1 heterocycles. The largest absolute Gasteiger partial charge is 0.368 e. The second-order valence-corrected chi connectivity index (χ2v) is 8.82. The van der Waals surface area contributed by atoms with Gasteiger partial charge in [0, 0.05) is 0 Å². The third-order valence-corrected chi connectivity index (χ3v) is 4.44. The lowest BCUT2D eigenvalue weighted by Gasteiger charge is -2.22. The van der Waals surface area contributed by atoms with E-state index in [2.05, 4.69) is 4.18 Å². The summed E-state index contributed by atoms with van der Waals surface area (Å²) in [5, 5.41) is 9.92. The number of benzene rings is 1. The molecule has 0 bridgehead atoms. The van der Waals surface area contributed by atoms with Crippen LogP contribution in [0.25, 0.3) is 0 Å². The molecule has 1 saturated heterocycles. The van der Waals surface area contributed by atoms with Crippen molar-refractivity contribution in [3.63, 3.8) is 0 Å². The highest BCUT2D eigenvalue weighted by Crippen LogP contribution is 2.28. The van der Waals surface area contributed by atoms with Gasteiger partial charge in [0.05, 0.1) is 25.7 Å². The standard InChI is InChI=1S/C14H20O9S2/c1-24(16,17)21-9-11-12(20-8-10-6-4-3-5-7-10)13(14(15)22-11)23-25(2,18)19/h3-7,11-15H,8-9H2,1-2H3/t11-,12-,13?,14?/m1/s1. The summed E-state index contributed by atoms with van der Waals surface area (Å²) in [5.74, 6) is 0. The molecule has 25 heavy (non-hydrogen) atoms. The van der Waals surface area contributed by atoms with Crippen molar-refractivity contribution in [1.82, 2.24) is 0 Å². The van der Waals surface area contributed by atoms with E-state index in [9.17, 15) is 21.9 Å². The van der Waals surface area contributed by atoms with Crippen LogP contribution < -0.4 is 0 Å². The lowest BCUT2D eigenvalue weighted by Crippen LogP contribution is -2.40. The van der Waals surface area contributed by atoms with Crippen LogP contribution in [0.2, 0.25) is 0 Å². The first-order valence-electron chi connectivity index (χ1n) is 7.27. The molecule has 142 valence electrons. The van der Waals surface area contributed by atoms with Gasteiger partial charge in [0.1, 0.15) is 12.2 Å². The first-order valence-corrected chi connectivity index (χ1v) is 10.9. The molecule has 0 aromatic heterocycles. The smallest absolute Gasteiger partial charge is 0.264 e. The molecule has 0 aliphatic carbocycles. The summed E-state index contributed by atoms with van der Waals surface area (Å²) < 4.78 is 65.5. The van der Waals surface area contributed by atoms with E-state index >= 15 is 0 Å². The fraction of sp³-hybridized carbons (Fsp3) is 0.571. The highest BCUT2D eigenvalue weighted by molar-refractivity contribution is 7.86. The molecule has 0 saturated carbocycles. The minimum Gasteiger partial charge on any atom is -0.368 e.